The Labute approximate surface area is 114 Å². The summed E-state index contributed by atoms with van der Waals surface area (Å²) in [4.78, 5) is 10.7. The fourth-order valence-electron chi connectivity index (χ4n) is 2.49. The van der Waals surface area contributed by atoms with Crippen molar-refractivity contribution in [2.75, 3.05) is 18.0 Å². The summed E-state index contributed by atoms with van der Waals surface area (Å²) in [7, 11) is 0. The average molecular weight is 264 g/mol. The molecule has 2 rings (SSSR count). The number of rotatable bonds is 3. The molecule has 1 fully saturated rings. The van der Waals surface area contributed by atoms with Crippen LogP contribution in [0.3, 0.4) is 0 Å². The molecule has 3 nitrogen and oxygen atoms in total. The highest BCUT2D eigenvalue weighted by Gasteiger charge is 2.24. The van der Waals surface area contributed by atoms with E-state index in [1.165, 1.54) is 0 Å². The van der Waals surface area contributed by atoms with Crippen LogP contribution in [0.1, 0.15) is 26.2 Å². The van der Waals surface area contributed by atoms with E-state index in [2.05, 4.69) is 27.7 Å². The van der Waals surface area contributed by atoms with Gasteiger partial charge in [-0.05, 0) is 24.7 Å². The Balaban J connectivity index is 1.90. The molecule has 1 aliphatic heterocycles. The summed E-state index contributed by atoms with van der Waals surface area (Å²) in [5.41, 5.74) is 0. The molecule has 18 heavy (non-hydrogen) atoms. The SMILES string of the molecule is C#CC[C@@H](C)C1CCN(c2ncc(Cl)cn2)CC1. The number of aromatic nitrogens is 2. The molecular weight excluding hydrogens is 246 g/mol. The van der Waals surface area contributed by atoms with Gasteiger partial charge in [0.2, 0.25) is 5.95 Å². The molecule has 1 aliphatic rings. The van der Waals surface area contributed by atoms with Crippen molar-refractivity contribution in [3.05, 3.63) is 17.4 Å². The smallest absolute Gasteiger partial charge is 0.225 e. The van der Waals surface area contributed by atoms with Crippen LogP contribution in [0.2, 0.25) is 5.02 Å². The van der Waals surface area contributed by atoms with Crippen molar-refractivity contribution >= 4 is 17.5 Å². The molecule has 0 saturated carbocycles. The summed E-state index contributed by atoms with van der Waals surface area (Å²) in [5.74, 6) is 4.88. The van der Waals surface area contributed by atoms with Gasteiger partial charge < -0.3 is 4.90 Å². The minimum absolute atomic E-state index is 0.580. The zero-order valence-electron chi connectivity index (χ0n) is 10.6. The predicted octanol–water partition coefficient (Wildman–Crippen LogP) is 3.01. The van der Waals surface area contributed by atoms with Crippen LogP contribution in [-0.4, -0.2) is 23.1 Å². The highest BCUT2D eigenvalue weighted by molar-refractivity contribution is 6.30. The van der Waals surface area contributed by atoms with E-state index in [1.807, 2.05) is 0 Å². The van der Waals surface area contributed by atoms with Gasteiger partial charge in [0.25, 0.3) is 0 Å². The summed E-state index contributed by atoms with van der Waals surface area (Å²) in [6.07, 6.45) is 11.9. The molecule has 4 heteroatoms. The topological polar surface area (TPSA) is 29.0 Å². The van der Waals surface area contributed by atoms with E-state index in [4.69, 9.17) is 18.0 Å². The van der Waals surface area contributed by atoms with Gasteiger partial charge in [-0.3, -0.25) is 0 Å². The van der Waals surface area contributed by atoms with Crippen LogP contribution < -0.4 is 4.90 Å². The Morgan fingerprint density at radius 1 is 1.44 bits per heavy atom. The van der Waals surface area contributed by atoms with Gasteiger partial charge in [0.05, 0.1) is 17.4 Å². The minimum Gasteiger partial charge on any atom is -0.341 e. The second-order valence-electron chi connectivity index (χ2n) is 4.91. The highest BCUT2D eigenvalue weighted by atomic mass is 35.5. The number of anilines is 1. The quantitative estimate of drug-likeness (QED) is 0.785. The lowest BCUT2D eigenvalue weighted by molar-refractivity contribution is 0.296. The van der Waals surface area contributed by atoms with Crippen molar-refractivity contribution in [1.82, 2.24) is 9.97 Å². The van der Waals surface area contributed by atoms with Gasteiger partial charge in [-0.1, -0.05) is 18.5 Å². The molecule has 0 radical (unpaired) electrons. The summed E-state index contributed by atoms with van der Waals surface area (Å²) in [6, 6.07) is 0. The lowest BCUT2D eigenvalue weighted by Crippen LogP contribution is -2.36. The molecule has 1 saturated heterocycles. The Bertz CT molecular complexity index is 416. The Kier molecular flexibility index (Phi) is 4.43. The van der Waals surface area contributed by atoms with Gasteiger partial charge in [0.1, 0.15) is 0 Å². The molecule has 0 unspecified atom stereocenters. The van der Waals surface area contributed by atoms with Crippen molar-refractivity contribution in [2.24, 2.45) is 11.8 Å². The van der Waals surface area contributed by atoms with Crippen LogP contribution in [0.15, 0.2) is 12.4 Å². The number of nitrogens with zero attached hydrogens (tertiary/aromatic N) is 3. The van der Waals surface area contributed by atoms with Gasteiger partial charge in [0.15, 0.2) is 0 Å². The monoisotopic (exact) mass is 263 g/mol. The van der Waals surface area contributed by atoms with Crippen LogP contribution >= 0.6 is 11.6 Å². The maximum Gasteiger partial charge on any atom is 0.225 e. The molecule has 0 N–H and O–H groups in total. The molecular formula is C14H18ClN3. The fraction of sp³-hybridized carbons (Fsp3) is 0.571. The molecule has 0 aromatic carbocycles. The molecule has 2 heterocycles. The maximum atomic E-state index is 5.79. The summed E-state index contributed by atoms with van der Waals surface area (Å²) >= 11 is 5.79. The van der Waals surface area contributed by atoms with Crippen LogP contribution in [-0.2, 0) is 0 Å². The van der Waals surface area contributed by atoms with Crippen molar-refractivity contribution in [3.8, 4) is 12.3 Å². The average Bonchev–Trinajstić information content (AvgIpc) is 2.40. The molecule has 0 bridgehead atoms. The molecule has 1 aromatic rings. The summed E-state index contributed by atoms with van der Waals surface area (Å²) in [5, 5.41) is 0.580. The van der Waals surface area contributed by atoms with Crippen LogP contribution in [0.4, 0.5) is 5.95 Å². The Hall–Kier alpha value is -1.27. The standard InChI is InChI=1S/C14H18ClN3/c1-3-4-11(2)12-5-7-18(8-6-12)14-16-9-13(15)10-17-14/h1,9-12H,4-8H2,2H3/t11-/m1/s1. The Morgan fingerprint density at radius 3 is 2.61 bits per heavy atom. The first-order valence-corrected chi connectivity index (χ1v) is 6.74. The molecule has 1 atom stereocenters. The van der Waals surface area contributed by atoms with Crippen LogP contribution in [0, 0.1) is 24.2 Å². The van der Waals surface area contributed by atoms with Crippen LogP contribution in [0.25, 0.3) is 0 Å². The first-order valence-electron chi connectivity index (χ1n) is 6.36. The lowest BCUT2D eigenvalue weighted by atomic mass is 9.84. The zero-order chi connectivity index (χ0) is 13.0. The third kappa shape index (κ3) is 3.14. The third-order valence-electron chi connectivity index (χ3n) is 3.67. The lowest BCUT2D eigenvalue weighted by Gasteiger charge is -2.34. The molecule has 0 spiro atoms. The van der Waals surface area contributed by atoms with E-state index in [9.17, 15) is 0 Å². The number of terminal acetylenes is 1. The van der Waals surface area contributed by atoms with E-state index in [0.717, 1.165) is 44.2 Å². The van der Waals surface area contributed by atoms with Crippen LogP contribution in [0.5, 0.6) is 0 Å². The van der Waals surface area contributed by atoms with Gasteiger partial charge in [-0.2, -0.15) is 0 Å². The van der Waals surface area contributed by atoms with Crippen molar-refractivity contribution in [3.63, 3.8) is 0 Å². The highest BCUT2D eigenvalue weighted by Crippen LogP contribution is 2.28. The second kappa shape index (κ2) is 6.06. The van der Waals surface area contributed by atoms with Crippen molar-refractivity contribution < 1.29 is 0 Å². The predicted molar refractivity (Wildman–Crippen MR) is 74.6 cm³/mol. The van der Waals surface area contributed by atoms with E-state index >= 15 is 0 Å². The molecule has 96 valence electrons. The van der Waals surface area contributed by atoms with Gasteiger partial charge in [-0.15, -0.1) is 12.3 Å². The van der Waals surface area contributed by atoms with Gasteiger partial charge in [-0.25, -0.2) is 9.97 Å². The maximum absolute atomic E-state index is 5.79. The first-order chi connectivity index (χ1) is 8.70. The minimum atomic E-state index is 0.580. The van der Waals surface area contributed by atoms with Gasteiger partial charge in [0, 0.05) is 19.5 Å². The number of piperidine rings is 1. The Morgan fingerprint density at radius 2 is 2.06 bits per heavy atom. The molecule has 1 aromatic heterocycles. The van der Waals surface area contributed by atoms with E-state index < -0.39 is 0 Å². The fourth-order valence-corrected chi connectivity index (χ4v) is 2.59. The number of halogens is 1. The van der Waals surface area contributed by atoms with E-state index in [1.54, 1.807) is 12.4 Å². The number of hydrogen-bond donors (Lipinski definition) is 0. The third-order valence-corrected chi connectivity index (χ3v) is 3.87. The second-order valence-corrected chi connectivity index (χ2v) is 5.35. The summed E-state index contributed by atoms with van der Waals surface area (Å²) in [6.45, 7) is 4.25. The molecule has 0 amide bonds. The summed E-state index contributed by atoms with van der Waals surface area (Å²) < 4.78 is 0. The largest absolute Gasteiger partial charge is 0.341 e. The normalized spacial score (nSPS) is 18.4. The number of hydrogen-bond acceptors (Lipinski definition) is 3. The van der Waals surface area contributed by atoms with Crippen molar-refractivity contribution in [2.45, 2.75) is 26.2 Å². The van der Waals surface area contributed by atoms with Crippen molar-refractivity contribution in [1.29, 1.82) is 0 Å². The van der Waals surface area contributed by atoms with E-state index in [-0.39, 0.29) is 0 Å². The van der Waals surface area contributed by atoms with E-state index in [0.29, 0.717) is 10.9 Å². The zero-order valence-corrected chi connectivity index (χ0v) is 11.4. The molecule has 0 aliphatic carbocycles. The first kappa shape index (κ1) is 13.2. The van der Waals surface area contributed by atoms with Gasteiger partial charge >= 0.3 is 0 Å².